The van der Waals surface area contributed by atoms with Crippen molar-refractivity contribution in [3.63, 3.8) is 0 Å². The van der Waals surface area contributed by atoms with Crippen molar-refractivity contribution in [2.75, 3.05) is 11.9 Å². The fourth-order valence-electron chi connectivity index (χ4n) is 2.03. The summed E-state index contributed by atoms with van der Waals surface area (Å²) >= 11 is 5.98. The fourth-order valence-corrected chi connectivity index (χ4v) is 2.24. The molecule has 0 heterocycles. The third-order valence-electron chi connectivity index (χ3n) is 2.91. The molecule has 0 aliphatic rings. The molecule has 0 saturated carbocycles. The number of anilines is 1. The smallest absolute Gasteiger partial charge is 0.124 e. The molecular formula is C15H16ClN3. The van der Waals surface area contributed by atoms with Gasteiger partial charge in [-0.1, -0.05) is 35.9 Å². The van der Waals surface area contributed by atoms with Gasteiger partial charge in [-0.05, 0) is 29.8 Å². The minimum Gasteiger partial charge on any atom is -0.384 e. The molecule has 2 rings (SSSR count). The predicted molar refractivity (Wildman–Crippen MR) is 81.0 cm³/mol. The number of nitrogens with two attached hydrogens (primary N) is 1. The van der Waals surface area contributed by atoms with Gasteiger partial charge in [0.05, 0.1) is 0 Å². The predicted octanol–water partition coefficient (Wildman–Crippen LogP) is 3.26. The standard InChI is InChI=1S/C15H16ClN3/c1-19(10-11-5-4-6-12(16)9-11)14-8-3-2-7-13(14)15(17)18/h2-9H,10H2,1H3,(H3,17,18). The second-order valence-corrected chi connectivity index (χ2v) is 4.85. The van der Waals surface area contributed by atoms with Crippen LogP contribution in [0, 0.1) is 5.41 Å². The molecule has 0 bridgehead atoms. The number of benzene rings is 2. The van der Waals surface area contributed by atoms with Crippen LogP contribution in [-0.2, 0) is 6.54 Å². The highest BCUT2D eigenvalue weighted by Gasteiger charge is 2.09. The summed E-state index contributed by atoms with van der Waals surface area (Å²) in [6.45, 7) is 0.713. The van der Waals surface area contributed by atoms with Crippen LogP contribution in [-0.4, -0.2) is 12.9 Å². The average molecular weight is 274 g/mol. The van der Waals surface area contributed by atoms with E-state index >= 15 is 0 Å². The van der Waals surface area contributed by atoms with Gasteiger partial charge in [0, 0.05) is 29.9 Å². The average Bonchev–Trinajstić information content (AvgIpc) is 2.38. The summed E-state index contributed by atoms with van der Waals surface area (Å²) < 4.78 is 0. The van der Waals surface area contributed by atoms with Gasteiger partial charge in [-0.25, -0.2) is 0 Å². The Labute approximate surface area is 118 Å². The van der Waals surface area contributed by atoms with Crippen molar-refractivity contribution in [2.24, 2.45) is 5.73 Å². The first-order valence-corrected chi connectivity index (χ1v) is 6.34. The van der Waals surface area contributed by atoms with Crippen LogP contribution in [0.2, 0.25) is 5.02 Å². The summed E-state index contributed by atoms with van der Waals surface area (Å²) in [4.78, 5) is 2.06. The van der Waals surface area contributed by atoms with Crippen LogP contribution < -0.4 is 10.6 Å². The first-order valence-electron chi connectivity index (χ1n) is 5.97. The number of para-hydroxylation sites is 1. The van der Waals surface area contributed by atoms with Crippen LogP contribution in [0.1, 0.15) is 11.1 Å². The summed E-state index contributed by atoms with van der Waals surface area (Å²) in [5.41, 5.74) is 8.41. The largest absolute Gasteiger partial charge is 0.384 e. The number of hydrogen-bond donors (Lipinski definition) is 2. The molecule has 2 aromatic rings. The highest BCUT2D eigenvalue weighted by atomic mass is 35.5. The van der Waals surface area contributed by atoms with E-state index in [4.69, 9.17) is 22.7 Å². The van der Waals surface area contributed by atoms with Gasteiger partial charge in [0.25, 0.3) is 0 Å². The Morgan fingerprint density at radius 3 is 2.63 bits per heavy atom. The van der Waals surface area contributed by atoms with E-state index in [9.17, 15) is 0 Å². The monoisotopic (exact) mass is 273 g/mol. The molecule has 0 spiro atoms. The van der Waals surface area contributed by atoms with Gasteiger partial charge >= 0.3 is 0 Å². The normalized spacial score (nSPS) is 10.2. The maximum atomic E-state index is 7.61. The zero-order valence-corrected chi connectivity index (χ0v) is 11.5. The molecule has 0 aliphatic carbocycles. The van der Waals surface area contributed by atoms with Gasteiger partial charge < -0.3 is 10.6 Å². The van der Waals surface area contributed by atoms with E-state index in [1.807, 2.05) is 55.6 Å². The Balaban J connectivity index is 2.25. The summed E-state index contributed by atoms with van der Waals surface area (Å²) in [5.74, 6) is 0.0774. The van der Waals surface area contributed by atoms with E-state index in [-0.39, 0.29) is 5.84 Å². The van der Waals surface area contributed by atoms with Gasteiger partial charge in [0.15, 0.2) is 0 Å². The van der Waals surface area contributed by atoms with Crippen LogP contribution in [0.3, 0.4) is 0 Å². The molecule has 0 radical (unpaired) electrons. The number of rotatable bonds is 4. The van der Waals surface area contributed by atoms with Crippen LogP contribution in [0.25, 0.3) is 0 Å². The molecule has 0 fully saturated rings. The summed E-state index contributed by atoms with van der Waals surface area (Å²) in [7, 11) is 1.97. The molecule has 0 saturated heterocycles. The molecule has 2 aromatic carbocycles. The number of nitrogen functional groups attached to an aromatic ring is 1. The van der Waals surface area contributed by atoms with Crippen molar-refractivity contribution in [1.82, 2.24) is 0 Å². The minimum absolute atomic E-state index is 0.0774. The molecule has 19 heavy (non-hydrogen) atoms. The number of halogens is 1. The van der Waals surface area contributed by atoms with Crippen molar-refractivity contribution < 1.29 is 0 Å². The Kier molecular flexibility index (Phi) is 4.07. The molecule has 4 heteroatoms. The summed E-state index contributed by atoms with van der Waals surface area (Å²) in [6.07, 6.45) is 0. The fraction of sp³-hybridized carbons (Fsp3) is 0.133. The van der Waals surface area contributed by atoms with Crippen LogP contribution in [0.15, 0.2) is 48.5 Å². The van der Waals surface area contributed by atoms with Crippen molar-refractivity contribution in [3.05, 3.63) is 64.7 Å². The summed E-state index contributed by atoms with van der Waals surface area (Å²) in [6, 6.07) is 15.4. The maximum Gasteiger partial charge on any atom is 0.124 e. The lowest BCUT2D eigenvalue weighted by Gasteiger charge is -2.22. The molecule has 0 aliphatic heterocycles. The zero-order valence-electron chi connectivity index (χ0n) is 10.7. The lowest BCUT2D eigenvalue weighted by atomic mass is 10.1. The Morgan fingerprint density at radius 1 is 1.21 bits per heavy atom. The maximum absolute atomic E-state index is 7.61. The number of hydrogen-bond acceptors (Lipinski definition) is 2. The van der Waals surface area contributed by atoms with E-state index < -0.39 is 0 Å². The van der Waals surface area contributed by atoms with Crippen molar-refractivity contribution in [1.29, 1.82) is 5.41 Å². The van der Waals surface area contributed by atoms with E-state index in [0.717, 1.165) is 21.8 Å². The van der Waals surface area contributed by atoms with Gasteiger partial charge in [-0.2, -0.15) is 0 Å². The third kappa shape index (κ3) is 3.26. The van der Waals surface area contributed by atoms with Crippen LogP contribution in [0.5, 0.6) is 0 Å². The lowest BCUT2D eigenvalue weighted by molar-refractivity contribution is 0.921. The molecule has 0 aromatic heterocycles. The van der Waals surface area contributed by atoms with E-state index in [2.05, 4.69) is 4.90 Å². The van der Waals surface area contributed by atoms with E-state index in [0.29, 0.717) is 6.54 Å². The van der Waals surface area contributed by atoms with E-state index in [1.54, 1.807) is 0 Å². The topological polar surface area (TPSA) is 53.1 Å². The highest BCUT2D eigenvalue weighted by molar-refractivity contribution is 6.30. The number of amidine groups is 1. The van der Waals surface area contributed by atoms with Crippen LogP contribution in [0.4, 0.5) is 5.69 Å². The Hall–Kier alpha value is -2.00. The van der Waals surface area contributed by atoms with Gasteiger partial charge in [-0.15, -0.1) is 0 Å². The van der Waals surface area contributed by atoms with E-state index in [1.165, 1.54) is 0 Å². The van der Waals surface area contributed by atoms with Crippen molar-refractivity contribution >= 4 is 23.1 Å². The second-order valence-electron chi connectivity index (χ2n) is 4.42. The molecular weight excluding hydrogens is 258 g/mol. The first-order chi connectivity index (χ1) is 9.08. The van der Waals surface area contributed by atoms with Crippen molar-refractivity contribution in [2.45, 2.75) is 6.54 Å². The third-order valence-corrected chi connectivity index (χ3v) is 3.15. The number of nitrogens with zero attached hydrogens (tertiary/aromatic N) is 1. The molecule has 3 nitrogen and oxygen atoms in total. The van der Waals surface area contributed by atoms with Crippen LogP contribution >= 0.6 is 11.6 Å². The molecule has 98 valence electrons. The van der Waals surface area contributed by atoms with Gasteiger partial charge in [0.2, 0.25) is 0 Å². The van der Waals surface area contributed by atoms with Crippen molar-refractivity contribution in [3.8, 4) is 0 Å². The molecule has 3 N–H and O–H groups in total. The minimum atomic E-state index is 0.0774. The Morgan fingerprint density at radius 2 is 1.95 bits per heavy atom. The quantitative estimate of drug-likeness (QED) is 0.664. The number of nitrogens with one attached hydrogen (secondary N) is 1. The highest BCUT2D eigenvalue weighted by Crippen LogP contribution is 2.21. The zero-order chi connectivity index (χ0) is 13.8. The Bertz CT molecular complexity index is 595. The molecule has 0 atom stereocenters. The molecule has 0 amide bonds. The molecule has 0 unspecified atom stereocenters. The lowest BCUT2D eigenvalue weighted by Crippen LogP contribution is -2.21. The first kappa shape index (κ1) is 13.4. The van der Waals surface area contributed by atoms with Gasteiger partial charge in [0.1, 0.15) is 5.84 Å². The second kappa shape index (κ2) is 5.76. The summed E-state index contributed by atoms with van der Waals surface area (Å²) in [5, 5.41) is 8.34. The SMILES string of the molecule is CN(Cc1cccc(Cl)c1)c1ccccc1C(=N)N. The van der Waals surface area contributed by atoms with Gasteiger partial charge in [-0.3, -0.25) is 5.41 Å².